The molecule has 0 radical (unpaired) electrons. The first-order valence-electron chi connectivity index (χ1n) is 8.88. The summed E-state index contributed by atoms with van der Waals surface area (Å²) in [7, 11) is 0. The average Bonchev–Trinajstić information content (AvgIpc) is 2.67. The molecule has 1 fully saturated rings. The topological polar surface area (TPSA) is 64.4 Å². The first-order valence-corrected chi connectivity index (χ1v) is 8.88. The second-order valence-corrected chi connectivity index (χ2v) is 6.88. The molecule has 2 aromatic carbocycles. The molecule has 5 heteroatoms. The lowest BCUT2D eigenvalue weighted by molar-refractivity contribution is -0.126. The van der Waals surface area contributed by atoms with Crippen molar-refractivity contribution in [3.05, 3.63) is 71.8 Å². The van der Waals surface area contributed by atoms with E-state index in [-0.39, 0.29) is 30.3 Å². The van der Waals surface area contributed by atoms with Crippen LogP contribution in [-0.4, -0.2) is 19.1 Å². The highest BCUT2D eigenvalue weighted by Gasteiger charge is 2.33. The van der Waals surface area contributed by atoms with Crippen molar-refractivity contribution in [1.29, 1.82) is 0 Å². The van der Waals surface area contributed by atoms with Crippen molar-refractivity contribution < 1.29 is 9.53 Å². The van der Waals surface area contributed by atoms with Crippen LogP contribution < -0.4 is 11.1 Å². The normalized spacial score (nSPS) is 21.9. The summed E-state index contributed by atoms with van der Waals surface area (Å²) in [6, 6.07) is 19.7. The van der Waals surface area contributed by atoms with Gasteiger partial charge in [-0.2, -0.15) is 0 Å². The lowest BCUT2D eigenvalue weighted by Gasteiger charge is -2.33. The molecule has 0 bridgehead atoms. The van der Waals surface area contributed by atoms with Crippen LogP contribution in [0, 0.1) is 5.92 Å². The van der Waals surface area contributed by atoms with Crippen LogP contribution >= 0.6 is 12.4 Å². The zero-order chi connectivity index (χ0) is 17.7. The summed E-state index contributed by atoms with van der Waals surface area (Å²) < 4.78 is 6.00. The van der Waals surface area contributed by atoms with Gasteiger partial charge in [0.15, 0.2) is 0 Å². The number of carbonyl (C=O) groups excluding carboxylic acids is 1. The van der Waals surface area contributed by atoms with E-state index in [0.717, 1.165) is 25.0 Å². The van der Waals surface area contributed by atoms with Crippen LogP contribution in [0.15, 0.2) is 60.7 Å². The van der Waals surface area contributed by atoms with Crippen molar-refractivity contribution in [2.24, 2.45) is 11.7 Å². The quantitative estimate of drug-likeness (QED) is 0.840. The molecule has 3 atom stereocenters. The van der Waals surface area contributed by atoms with Gasteiger partial charge in [0.05, 0.1) is 6.10 Å². The van der Waals surface area contributed by atoms with Crippen molar-refractivity contribution in [3.63, 3.8) is 0 Å². The van der Waals surface area contributed by atoms with Crippen LogP contribution in [0.1, 0.15) is 37.0 Å². The van der Waals surface area contributed by atoms with Gasteiger partial charge in [0.2, 0.25) is 5.91 Å². The van der Waals surface area contributed by atoms with Crippen LogP contribution in [0.5, 0.6) is 0 Å². The maximum atomic E-state index is 12.7. The molecule has 1 aliphatic rings. The van der Waals surface area contributed by atoms with Crippen molar-refractivity contribution in [2.75, 3.05) is 13.2 Å². The summed E-state index contributed by atoms with van der Waals surface area (Å²) >= 11 is 0. The Morgan fingerprint density at radius 1 is 1.15 bits per heavy atom. The fourth-order valence-corrected chi connectivity index (χ4v) is 3.39. The Bertz CT molecular complexity index is 692. The number of ether oxygens (including phenoxy) is 1. The Morgan fingerprint density at radius 3 is 2.42 bits per heavy atom. The molecule has 1 saturated heterocycles. The number of hydrogen-bond donors (Lipinski definition) is 2. The van der Waals surface area contributed by atoms with Crippen LogP contribution in [0.25, 0.3) is 0 Å². The predicted molar refractivity (Wildman–Crippen MR) is 106 cm³/mol. The zero-order valence-corrected chi connectivity index (χ0v) is 15.9. The number of amides is 1. The third-order valence-corrected chi connectivity index (χ3v) is 4.94. The van der Waals surface area contributed by atoms with Gasteiger partial charge in [0.1, 0.15) is 5.54 Å². The van der Waals surface area contributed by atoms with Gasteiger partial charge < -0.3 is 15.8 Å². The maximum Gasteiger partial charge on any atom is 0.244 e. The Kier molecular flexibility index (Phi) is 7.21. The van der Waals surface area contributed by atoms with E-state index in [1.54, 1.807) is 6.92 Å². The van der Waals surface area contributed by atoms with Gasteiger partial charge in [0.25, 0.3) is 0 Å². The van der Waals surface area contributed by atoms with Crippen LogP contribution in [0.2, 0.25) is 0 Å². The molecule has 140 valence electrons. The van der Waals surface area contributed by atoms with E-state index < -0.39 is 5.54 Å². The third-order valence-electron chi connectivity index (χ3n) is 4.94. The number of carbonyl (C=O) groups is 1. The number of hydrogen-bond acceptors (Lipinski definition) is 3. The Labute approximate surface area is 161 Å². The highest BCUT2D eigenvalue weighted by Crippen LogP contribution is 2.33. The monoisotopic (exact) mass is 374 g/mol. The van der Waals surface area contributed by atoms with E-state index in [0.29, 0.717) is 6.54 Å². The molecule has 4 nitrogen and oxygen atoms in total. The minimum Gasteiger partial charge on any atom is -0.373 e. The lowest BCUT2D eigenvalue weighted by Crippen LogP contribution is -2.50. The van der Waals surface area contributed by atoms with E-state index in [2.05, 4.69) is 17.4 Å². The molecule has 3 N–H and O–H groups in total. The molecular weight excluding hydrogens is 348 g/mol. The van der Waals surface area contributed by atoms with Gasteiger partial charge in [-0.3, -0.25) is 4.79 Å². The maximum absolute atomic E-state index is 12.7. The molecule has 0 aliphatic carbocycles. The molecule has 1 heterocycles. The molecule has 26 heavy (non-hydrogen) atoms. The van der Waals surface area contributed by atoms with E-state index >= 15 is 0 Å². The molecule has 1 aliphatic heterocycles. The number of nitrogens with one attached hydrogen (secondary N) is 1. The standard InChI is InChI=1S/C21H26N2O2.ClH/c1-21(22,18-12-6-3-7-13-18)20(24)23-15-17-11-8-14-25-19(17)16-9-4-2-5-10-16;/h2-7,9-10,12-13,17,19H,8,11,14-15,22H2,1H3,(H,23,24);1H. The molecular formula is C21H27ClN2O2. The second-order valence-electron chi connectivity index (χ2n) is 6.88. The predicted octanol–water partition coefficient (Wildman–Crippen LogP) is 3.57. The Balaban J connectivity index is 0.00000243. The van der Waals surface area contributed by atoms with E-state index in [9.17, 15) is 4.79 Å². The molecule has 0 saturated carbocycles. The molecule has 0 aromatic heterocycles. The molecule has 2 aromatic rings. The Hall–Kier alpha value is -1.88. The first-order chi connectivity index (χ1) is 12.1. The number of rotatable bonds is 5. The highest BCUT2D eigenvalue weighted by molar-refractivity contribution is 5.87. The van der Waals surface area contributed by atoms with Crippen molar-refractivity contribution in [1.82, 2.24) is 5.32 Å². The van der Waals surface area contributed by atoms with Gasteiger partial charge in [-0.15, -0.1) is 12.4 Å². The number of nitrogens with two attached hydrogens (primary N) is 1. The molecule has 0 spiro atoms. The van der Waals surface area contributed by atoms with Crippen LogP contribution in [0.4, 0.5) is 0 Å². The smallest absolute Gasteiger partial charge is 0.244 e. The fourth-order valence-electron chi connectivity index (χ4n) is 3.39. The molecule has 3 unspecified atom stereocenters. The van der Waals surface area contributed by atoms with E-state index in [1.807, 2.05) is 48.5 Å². The number of halogens is 1. The largest absolute Gasteiger partial charge is 0.373 e. The van der Waals surface area contributed by atoms with Gasteiger partial charge in [-0.25, -0.2) is 0 Å². The van der Waals surface area contributed by atoms with Gasteiger partial charge in [0, 0.05) is 19.1 Å². The van der Waals surface area contributed by atoms with E-state index in [1.165, 1.54) is 5.56 Å². The highest BCUT2D eigenvalue weighted by atomic mass is 35.5. The van der Waals surface area contributed by atoms with Crippen molar-refractivity contribution in [3.8, 4) is 0 Å². The average molecular weight is 375 g/mol. The summed E-state index contributed by atoms with van der Waals surface area (Å²) in [4.78, 5) is 12.7. The summed E-state index contributed by atoms with van der Waals surface area (Å²) in [6.45, 7) is 3.09. The number of benzene rings is 2. The minimum atomic E-state index is -1.04. The third kappa shape index (κ3) is 4.64. The lowest BCUT2D eigenvalue weighted by atomic mass is 9.88. The van der Waals surface area contributed by atoms with Gasteiger partial charge in [-0.05, 0) is 30.9 Å². The van der Waals surface area contributed by atoms with Gasteiger partial charge >= 0.3 is 0 Å². The summed E-state index contributed by atoms with van der Waals surface area (Å²) in [6.07, 6.45) is 2.07. The SMILES string of the molecule is CC(N)(C(=O)NCC1CCCOC1c1ccccc1)c1ccccc1.Cl. The zero-order valence-electron chi connectivity index (χ0n) is 15.1. The van der Waals surface area contributed by atoms with Gasteiger partial charge in [-0.1, -0.05) is 60.7 Å². The van der Waals surface area contributed by atoms with Crippen molar-refractivity contribution >= 4 is 18.3 Å². The summed E-state index contributed by atoms with van der Waals surface area (Å²) in [5.74, 6) is 0.0998. The summed E-state index contributed by atoms with van der Waals surface area (Å²) in [5, 5.41) is 3.05. The summed E-state index contributed by atoms with van der Waals surface area (Å²) in [5.41, 5.74) is 7.24. The van der Waals surface area contributed by atoms with Crippen LogP contribution in [-0.2, 0) is 15.1 Å². The molecule has 1 amide bonds. The second kappa shape index (κ2) is 9.17. The van der Waals surface area contributed by atoms with Crippen LogP contribution in [0.3, 0.4) is 0 Å². The fraction of sp³-hybridized carbons (Fsp3) is 0.381. The minimum absolute atomic E-state index is 0. The Morgan fingerprint density at radius 2 is 1.77 bits per heavy atom. The molecule has 3 rings (SSSR count). The first kappa shape index (κ1) is 20.4. The van der Waals surface area contributed by atoms with Crippen molar-refractivity contribution in [2.45, 2.75) is 31.4 Å². The van der Waals surface area contributed by atoms with E-state index in [4.69, 9.17) is 10.5 Å².